The number of carbonyl (C=O) groups excluding carboxylic acids is 1. The van der Waals surface area contributed by atoms with E-state index < -0.39 is 9.84 Å². The third kappa shape index (κ3) is 4.55. The summed E-state index contributed by atoms with van der Waals surface area (Å²) in [6.45, 7) is 5.81. The number of carbonyl (C=O) groups is 1. The van der Waals surface area contributed by atoms with E-state index in [-0.39, 0.29) is 16.8 Å². The van der Waals surface area contributed by atoms with Crippen molar-refractivity contribution < 1.29 is 17.9 Å². The SMILES string of the molecule is CCC(C(=O)Oc1ccc(S(C)(=O)=O)cc1C)c1cccc(N2CCCC2)c1. The number of sulfone groups is 1. The van der Waals surface area contributed by atoms with Gasteiger partial charge in [0, 0.05) is 25.0 Å². The van der Waals surface area contributed by atoms with Gasteiger partial charge in [-0.2, -0.15) is 0 Å². The first-order chi connectivity index (χ1) is 13.3. The Morgan fingerprint density at radius 1 is 1.14 bits per heavy atom. The Bertz CT molecular complexity index is 962. The molecule has 1 fully saturated rings. The lowest BCUT2D eigenvalue weighted by Crippen LogP contribution is -2.21. The summed E-state index contributed by atoms with van der Waals surface area (Å²) >= 11 is 0. The second-order valence-electron chi connectivity index (χ2n) is 7.37. The molecule has 150 valence electrons. The van der Waals surface area contributed by atoms with Crippen LogP contribution in [0.25, 0.3) is 0 Å². The van der Waals surface area contributed by atoms with E-state index in [9.17, 15) is 13.2 Å². The van der Waals surface area contributed by atoms with E-state index in [1.54, 1.807) is 13.0 Å². The van der Waals surface area contributed by atoms with Crippen LogP contribution in [-0.2, 0) is 14.6 Å². The Hall–Kier alpha value is -2.34. The first-order valence-corrected chi connectivity index (χ1v) is 11.6. The molecule has 28 heavy (non-hydrogen) atoms. The first-order valence-electron chi connectivity index (χ1n) is 9.67. The molecule has 2 aromatic rings. The average Bonchev–Trinajstić information content (AvgIpc) is 3.18. The zero-order valence-electron chi connectivity index (χ0n) is 16.6. The molecule has 1 atom stereocenters. The molecule has 0 aliphatic carbocycles. The number of aryl methyl sites for hydroxylation is 1. The molecule has 1 unspecified atom stereocenters. The van der Waals surface area contributed by atoms with Crippen molar-refractivity contribution in [3.63, 3.8) is 0 Å². The van der Waals surface area contributed by atoms with Gasteiger partial charge in [-0.1, -0.05) is 19.1 Å². The molecule has 0 N–H and O–H groups in total. The fourth-order valence-electron chi connectivity index (χ4n) is 3.60. The van der Waals surface area contributed by atoms with Crippen molar-refractivity contribution >= 4 is 21.5 Å². The van der Waals surface area contributed by atoms with E-state index in [1.807, 2.05) is 19.1 Å². The number of esters is 1. The highest BCUT2D eigenvalue weighted by molar-refractivity contribution is 7.90. The van der Waals surface area contributed by atoms with Crippen LogP contribution < -0.4 is 9.64 Å². The van der Waals surface area contributed by atoms with Gasteiger partial charge in [0.2, 0.25) is 0 Å². The van der Waals surface area contributed by atoms with Crippen LogP contribution in [0.15, 0.2) is 47.4 Å². The van der Waals surface area contributed by atoms with E-state index in [4.69, 9.17) is 4.74 Å². The maximum absolute atomic E-state index is 12.9. The summed E-state index contributed by atoms with van der Waals surface area (Å²) in [5, 5.41) is 0. The molecule has 1 heterocycles. The molecular formula is C22H27NO4S. The zero-order chi connectivity index (χ0) is 20.3. The van der Waals surface area contributed by atoms with Gasteiger partial charge in [-0.3, -0.25) is 4.79 Å². The lowest BCUT2D eigenvalue weighted by molar-refractivity contribution is -0.136. The first kappa shape index (κ1) is 20.4. The number of benzene rings is 2. The summed E-state index contributed by atoms with van der Waals surface area (Å²) in [5.74, 6) is -0.292. The Morgan fingerprint density at radius 2 is 1.86 bits per heavy atom. The van der Waals surface area contributed by atoms with Crippen LogP contribution in [0.2, 0.25) is 0 Å². The van der Waals surface area contributed by atoms with Crippen molar-refractivity contribution in [1.29, 1.82) is 0 Å². The molecule has 3 rings (SSSR count). The number of ether oxygens (including phenoxy) is 1. The maximum Gasteiger partial charge on any atom is 0.318 e. The molecule has 0 radical (unpaired) electrons. The third-order valence-electron chi connectivity index (χ3n) is 5.22. The van der Waals surface area contributed by atoms with Crippen molar-refractivity contribution in [2.75, 3.05) is 24.2 Å². The molecule has 6 heteroatoms. The van der Waals surface area contributed by atoms with Gasteiger partial charge >= 0.3 is 5.97 Å². The van der Waals surface area contributed by atoms with Crippen LogP contribution in [0.4, 0.5) is 5.69 Å². The van der Waals surface area contributed by atoms with Crippen LogP contribution in [0, 0.1) is 6.92 Å². The van der Waals surface area contributed by atoms with Crippen LogP contribution in [0.5, 0.6) is 5.75 Å². The maximum atomic E-state index is 12.9. The van der Waals surface area contributed by atoms with Crippen molar-refractivity contribution in [3.8, 4) is 5.75 Å². The van der Waals surface area contributed by atoms with Gasteiger partial charge in [-0.15, -0.1) is 0 Å². The second kappa shape index (κ2) is 8.35. The summed E-state index contributed by atoms with van der Waals surface area (Å²) in [6.07, 6.45) is 4.19. The van der Waals surface area contributed by atoms with Gasteiger partial charge in [0.05, 0.1) is 10.8 Å². The Morgan fingerprint density at radius 3 is 2.46 bits per heavy atom. The van der Waals surface area contributed by atoms with Gasteiger partial charge in [-0.05, 0) is 67.6 Å². The van der Waals surface area contributed by atoms with Crippen molar-refractivity contribution in [2.45, 2.75) is 43.9 Å². The molecule has 0 aromatic heterocycles. The number of anilines is 1. The van der Waals surface area contributed by atoms with E-state index in [0.717, 1.165) is 30.6 Å². The molecule has 0 amide bonds. The van der Waals surface area contributed by atoms with Gasteiger partial charge in [0.25, 0.3) is 0 Å². The molecule has 1 saturated heterocycles. The smallest absolute Gasteiger partial charge is 0.318 e. The molecule has 0 saturated carbocycles. The monoisotopic (exact) mass is 401 g/mol. The van der Waals surface area contributed by atoms with Gasteiger partial charge in [-0.25, -0.2) is 8.42 Å². The lowest BCUT2D eigenvalue weighted by Gasteiger charge is -2.21. The topological polar surface area (TPSA) is 63.7 Å². The lowest BCUT2D eigenvalue weighted by atomic mass is 9.96. The molecule has 0 spiro atoms. The van der Waals surface area contributed by atoms with E-state index in [1.165, 1.54) is 25.0 Å². The van der Waals surface area contributed by atoms with Crippen LogP contribution in [0.3, 0.4) is 0 Å². The summed E-state index contributed by atoms with van der Waals surface area (Å²) < 4.78 is 29.0. The molecule has 1 aliphatic heterocycles. The summed E-state index contributed by atoms with van der Waals surface area (Å²) in [4.78, 5) is 15.4. The third-order valence-corrected chi connectivity index (χ3v) is 6.33. The Balaban J connectivity index is 1.80. The van der Waals surface area contributed by atoms with E-state index in [0.29, 0.717) is 17.7 Å². The zero-order valence-corrected chi connectivity index (χ0v) is 17.5. The predicted octanol–water partition coefficient (Wildman–Crippen LogP) is 4.10. The van der Waals surface area contributed by atoms with Crippen LogP contribution in [-0.4, -0.2) is 33.7 Å². The number of hydrogen-bond acceptors (Lipinski definition) is 5. The largest absolute Gasteiger partial charge is 0.426 e. The van der Waals surface area contributed by atoms with Gasteiger partial charge in [0.1, 0.15) is 5.75 Å². The highest BCUT2D eigenvalue weighted by Crippen LogP contribution is 2.29. The number of hydrogen-bond donors (Lipinski definition) is 0. The number of rotatable bonds is 6. The van der Waals surface area contributed by atoms with Gasteiger partial charge in [0.15, 0.2) is 9.84 Å². The minimum absolute atomic E-state index is 0.218. The Kier molecular flexibility index (Phi) is 6.08. The van der Waals surface area contributed by atoms with Crippen molar-refractivity contribution in [1.82, 2.24) is 0 Å². The van der Waals surface area contributed by atoms with Gasteiger partial charge < -0.3 is 9.64 Å². The predicted molar refractivity (Wildman–Crippen MR) is 111 cm³/mol. The van der Waals surface area contributed by atoms with Crippen molar-refractivity contribution in [2.24, 2.45) is 0 Å². The van der Waals surface area contributed by atoms with Crippen LogP contribution >= 0.6 is 0 Å². The molecule has 5 nitrogen and oxygen atoms in total. The minimum Gasteiger partial charge on any atom is -0.426 e. The second-order valence-corrected chi connectivity index (χ2v) is 9.39. The van der Waals surface area contributed by atoms with Crippen molar-refractivity contribution in [3.05, 3.63) is 53.6 Å². The minimum atomic E-state index is -3.29. The highest BCUT2D eigenvalue weighted by Gasteiger charge is 2.23. The van der Waals surface area contributed by atoms with Crippen LogP contribution in [0.1, 0.15) is 43.2 Å². The summed E-state index contributed by atoms with van der Waals surface area (Å²) in [7, 11) is -3.29. The molecule has 2 aromatic carbocycles. The molecule has 1 aliphatic rings. The molecule has 0 bridgehead atoms. The summed E-state index contributed by atoms with van der Waals surface area (Å²) in [6, 6.07) is 12.7. The standard InChI is InChI=1S/C22H27NO4S/c1-4-20(17-8-7-9-18(15-17)23-12-5-6-13-23)22(24)27-21-11-10-19(14-16(21)2)28(3,25)26/h7-11,14-15,20H,4-6,12-13H2,1-3H3. The fourth-order valence-corrected chi connectivity index (χ4v) is 4.30. The normalized spacial score (nSPS) is 15.5. The highest BCUT2D eigenvalue weighted by atomic mass is 32.2. The fraction of sp³-hybridized carbons (Fsp3) is 0.409. The molecular weight excluding hydrogens is 374 g/mol. The Labute approximate surface area is 167 Å². The quantitative estimate of drug-likeness (QED) is 0.539. The number of nitrogens with zero attached hydrogens (tertiary/aromatic N) is 1. The average molecular weight is 402 g/mol. The summed E-state index contributed by atoms with van der Waals surface area (Å²) in [5.41, 5.74) is 2.72. The van der Waals surface area contributed by atoms with E-state index in [2.05, 4.69) is 17.0 Å². The van der Waals surface area contributed by atoms with E-state index >= 15 is 0 Å².